The Morgan fingerprint density at radius 3 is 2.71 bits per heavy atom. The van der Waals surface area contributed by atoms with Gasteiger partial charge in [-0.1, -0.05) is 6.07 Å². The van der Waals surface area contributed by atoms with Crippen molar-refractivity contribution in [1.29, 1.82) is 0 Å². The number of primary amides is 1. The first-order valence-corrected chi connectivity index (χ1v) is 8.14. The summed E-state index contributed by atoms with van der Waals surface area (Å²) in [4.78, 5) is 24.5. The molecule has 1 fully saturated rings. The molecule has 0 bridgehead atoms. The van der Waals surface area contributed by atoms with E-state index in [1.165, 1.54) is 0 Å². The zero-order chi connectivity index (χ0) is 17.5. The maximum atomic E-state index is 12.1. The van der Waals surface area contributed by atoms with Crippen LogP contribution in [0.2, 0.25) is 0 Å². The normalized spacial score (nSPS) is 20.2. The average molecular weight is 336 g/mol. The smallest absolute Gasteiger partial charge is 0.275 e. The zero-order valence-electron chi connectivity index (χ0n) is 14.3. The van der Waals surface area contributed by atoms with Gasteiger partial charge in [0.05, 0.1) is 33.2 Å². The van der Waals surface area contributed by atoms with Crippen LogP contribution in [0, 0.1) is 5.92 Å². The fraction of sp³-hybridized carbons (Fsp3) is 0.529. The highest BCUT2D eigenvalue weighted by atomic mass is 16.5. The van der Waals surface area contributed by atoms with E-state index in [9.17, 15) is 9.59 Å². The van der Waals surface area contributed by atoms with Gasteiger partial charge in [0.25, 0.3) is 5.91 Å². The molecule has 1 aromatic carbocycles. The van der Waals surface area contributed by atoms with Gasteiger partial charge in [0.2, 0.25) is 5.91 Å². The number of likely N-dealkylation sites (tertiary alicyclic amines) is 1. The summed E-state index contributed by atoms with van der Waals surface area (Å²) in [5.41, 5.74) is 6.31. The van der Waals surface area contributed by atoms with E-state index in [4.69, 9.17) is 15.2 Å². The van der Waals surface area contributed by atoms with E-state index in [0.717, 1.165) is 29.8 Å². The molecular formula is C17H26N3O4+. The summed E-state index contributed by atoms with van der Waals surface area (Å²) in [5.74, 6) is 0.869. The van der Waals surface area contributed by atoms with Crippen molar-refractivity contribution in [3.63, 3.8) is 0 Å². The highest BCUT2D eigenvalue weighted by molar-refractivity contribution is 5.77. The number of benzene rings is 1. The molecular weight excluding hydrogens is 310 g/mol. The van der Waals surface area contributed by atoms with Crippen LogP contribution in [-0.4, -0.2) is 45.7 Å². The van der Waals surface area contributed by atoms with Gasteiger partial charge in [0, 0.05) is 6.54 Å². The van der Waals surface area contributed by atoms with Gasteiger partial charge in [-0.25, -0.2) is 0 Å². The molecule has 2 atom stereocenters. The summed E-state index contributed by atoms with van der Waals surface area (Å²) >= 11 is 0. The van der Waals surface area contributed by atoms with Crippen LogP contribution in [-0.2, 0) is 16.1 Å². The number of nitrogens with two attached hydrogens (primary N) is 1. The molecule has 1 aliphatic heterocycles. The quantitative estimate of drug-likeness (QED) is 0.601. The molecule has 0 spiro atoms. The molecule has 1 aliphatic rings. The number of methoxy groups -OCH3 is 2. The standard InChI is InChI=1S/C17H25N3O4/c1-23-14-6-5-12(8-15(14)24-2)9-19-16(21)11-20-7-3-4-13(10-20)17(18)22/h5-6,8,13H,3-4,7,9-11H2,1-2H3,(H2,18,22)(H,19,21)/p+1/t13-/m1/s1. The molecule has 1 saturated heterocycles. The number of piperidine rings is 1. The van der Waals surface area contributed by atoms with Gasteiger partial charge in [-0.15, -0.1) is 0 Å². The molecule has 2 rings (SSSR count). The molecule has 1 aromatic rings. The predicted molar refractivity (Wildman–Crippen MR) is 88.9 cm³/mol. The Labute approximate surface area is 142 Å². The third-order valence-corrected chi connectivity index (χ3v) is 4.37. The van der Waals surface area contributed by atoms with E-state index in [2.05, 4.69) is 5.32 Å². The number of nitrogens with one attached hydrogen (secondary N) is 2. The second-order valence-corrected chi connectivity index (χ2v) is 6.09. The Balaban J connectivity index is 1.84. The number of hydrogen-bond acceptors (Lipinski definition) is 4. The minimum Gasteiger partial charge on any atom is -0.493 e. The van der Waals surface area contributed by atoms with Gasteiger partial charge in [0.1, 0.15) is 0 Å². The lowest BCUT2D eigenvalue weighted by Crippen LogP contribution is -3.14. The van der Waals surface area contributed by atoms with E-state index in [-0.39, 0.29) is 17.7 Å². The monoisotopic (exact) mass is 336 g/mol. The molecule has 0 radical (unpaired) electrons. The second kappa shape index (κ2) is 8.54. The van der Waals surface area contributed by atoms with E-state index in [0.29, 0.717) is 31.1 Å². The van der Waals surface area contributed by atoms with Crippen molar-refractivity contribution >= 4 is 11.8 Å². The molecule has 1 heterocycles. The number of hydrogen-bond donors (Lipinski definition) is 3. The van der Waals surface area contributed by atoms with Crippen LogP contribution in [0.4, 0.5) is 0 Å². The fourth-order valence-corrected chi connectivity index (χ4v) is 3.04. The minimum absolute atomic E-state index is 0.0371. The number of ether oxygens (including phenoxy) is 2. The van der Waals surface area contributed by atoms with E-state index < -0.39 is 0 Å². The summed E-state index contributed by atoms with van der Waals surface area (Å²) in [6.07, 6.45) is 1.75. The van der Waals surface area contributed by atoms with Crippen molar-refractivity contribution in [2.75, 3.05) is 33.9 Å². The highest BCUT2D eigenvalue weighted by Gasteiger charge is 2.28. The minimum atomic E-state index is -0.266. The second-order valence-electron chi connectivity index (χ2n) is 6.09. The molecule has 24 heavy (non-hydrogen) atoms. The van der Waals surface area contributed by atoms with Gasteiger partial charge >= 0.3 is 0 Å². The highest BCUT2D eigenvalue weighted by Crippen LogP contribution is 2.27. The Kier molecular flexibility index (Phi) is 6.43. The van der Waals surface area contributed by atoms with Gasteiger partial charge < -0.3 is 25.4 Å². The summed E-state index contributed by atoms with van der Waals surface area (Å²) in [7, 11) is 3.16. The molecule has 1 unspecified atom stereocenters. The number of carbonyl (C=O) groups excluding carboxylic acids is 2. The van der Waals surface area contributed by atoms with Crippen molar-refractivity contribution in [1.82, 2.24) is 5.32 Å². The maximum absolute atomic E-state index is 12.1. The van der Waals surface area contributed by atoms with Gasteiger partial charge in [-0.05, 0) is 30.5 Å². The van der Waals surface area contributed by atoms with Gasteiger partial charge in [-0.2, -0.15) is 0 Å². The van der Waals surface area contributed by atoms with Crippen molar-refractivity contribution in [3.05, 3.63) is 23.8 Å². The van der Waals surface area contributed by atoms with Crippen molar-refractivity contribution in [3.8, 4) is 11.5 Å². The first-order chi connectivity index (χ1) is 11.5. The lowest BCUT2D eigenvalue weighted by atomic mass is 9.97. The predicted octanol–water partition coefficient (Wildman–Crippen LogP) is -0.900. The van der Waals surface area contributed by atoms with E-state index >= 15 is 0 Å². The van der Waals surface area contributed by atoms with Crippen LogP contribution in [0.1, 0.15) is 18.4 Å². The SMILES string of the molecule is COc1ccc(CNC(=O)C[NH+]2CCC[C@@H](C(N)=O)C2)cc1OC. The maximum Gasteiger partial charge on any atom is 0.275 e. The van der Waals surface area contributed by atoms with Gasteiger partial charge in [0.15, 0.2) is 18.0 Å². The Bertz CT molecular complexity index is 591. The van der Waals surface area contributed by atoms with Crippen LogP contribution in [0.15, 0.2) is 18.2 Å². The summed E-state index contributed by atoms with van der Waals surface area (Å²) in [6, 6.07) is 5.54. The van der Waals surface area contributed by atoms with Crippen molar-refractivity contribution in [2.24, 2.45) is 11.7 Å². The zero-order valence-corrected chi connectivity index (χ0v) is 14.3. The molecule has 7 heteroatoms. The van der Waals surface area contributed by atoms with E-state index in [1.807, 2.05) is 18.2 Å². The first-order valence-electron chi connectivity index (χ1n) is 8.14. The molecule has 7 nitrogen and oxygen atoms in total. The van der Waals surface area contributed by atoms with Gasteiger partial charge in [-0.3, -0.25) is 9.59 Å². The molecule has 132 valence electrons. The molecule has 0 saturated carbocycles. The average Bonchev–Trinajstić information content (AvgIpc) is 2.59. The topological polar surface area (TPSA) is 95.1 Å². The van der Waals surface area contributed by atoms with E-state index in [1.54, 1.807) is 14.2 Å². The summed E-state index contributed by atoms with van der Waals surface area (Å²) < 4.78 is 10.4. The van der Waals surface area contributed by atoms with Crippen molar-refractivity contribution < 1.29 is 24.0 Å². The van der Waals surface area contributed by atoms with Crippen LogP contribution >= 0.6 is 0 Å². The summed E-state index contributed by atoms with van der Waals surface area (Å²) in [6.45, 7) is 2.31. The fourth-order valence-electron chi connectivity index (χ4n) is 3.04. The Morgan fingerprint density at radius 1 is 1.29 bits per heavy atom. The van der Waals surface area contributed by atoms with Crippen molar-refractivity contribution in [2.45, 2.75) is 19.4 Å². The largest absolute Gasteiger partial charge is 0.493 e. The molecule has 2 amide bonds. The van der Waals surface area contributed by atoms with Crippen LogP contribution in [0.25, 0.3) is 0 Å². The number of rotatable bonds is 7. The number of carbonyl (C=O) groups is 2. The lowest BCUT2D eigenvalue weighted by Gasteiger charge is -2.27. The Morgan fingerprint density at radius 2 is 2.04 bits per heavy atom. The Hall–Kier alpha value is -2.28. The summed E-state index contributed by atoms with van der Waals surface area (Å²) in [5, 5.41) is 2.91. The van der Waals surface area contributed by atoms with Crippen LogP contribution in [0.5, 0.6) is 11.5 Å². The number of quaternary nitrogens is 1. The number of amides is 2. The lowest BCUT2D eigenvalue weighted by molar-refractivity contribution is -0.899. The van der Waals surface area contributed by atoms with Crippen LogP contribution in [0.3, 0.4) is 0 Å². The van der Waals surface area contributed by atoms with Crippen LogP contribution < -0.4 is 25.4 Å². The molecule has 0 aromatic heterocycles. The third kappa shape index (κ3) is 4.86. The first kappa shape index (κ1) is 18.1. The third-order valence-electron chi connectivity index (χ3n) is 4.37. The molecule has 0 aliphatic carbocycles. The molecule has 4 N–H and O–H groups in total.